The zero-order chi connectivity index (χ0) is 13.1. The van der Waals surface area contributed by atoms with Crippen LogP contribution in [-0.2, 0) is 0 Å². The molecule has 0 saturated carbocycles. The molecule has 1 saturated heterocycles. The first-order valence-corrected chi connectivity index (χ1v) is 7.16. The third-order valence-electron chi connectivity index (χ3n) is 4.15. The number of rotatable bonds is 4. The molecular weight excluding hydrogens is 210 g/mol. The summed E-state index contributed by atoms with van der Waals surface area (Å²) in [5.41, 5.74) is 0.255. The Morgan fingerprint density at radius 2 is 1.53 bits per heavy atom. The second-order valence-electron chi connectivity index (χ2n) is 7.32. The topological polar surface area (TPSA) is 23.5 Å². The van der Waals surface area contributed by atoms with Crippen molar-refractivity contribution in [3.8, 4) is 0 Å². The molecule has 1 heterocycles. The molecule has 0 aromatic rings. The molecule has 0 bridgehead atoms. The molecule has 1 N–H and O–H groups in total. The Labute approximate surface area is 107 Å². The molecule has 0 aromatic heterocycles. The highest BCUT2D eigenvalue weighted by Crippen LogP contribution is 2.29. The molecule has 0 amide bonds. The van der Waals surface area contributed by atoms with Gasteiger partial charge in [0.05, 0.1) is 6.10 Å². The highest BCUT2D eigenvalue weighted by atomic mass is 16.3. The molecule has 2 heteroatoms. The standard InChI is InChI=1S/C15H31NO/c1-14(2,3)10-9-13(17)15(4,5)16-11-7-6-8-12-16/h13,17H,6-12H2,1-5H3. The van der Waals surface area contributed by atoms with Gasteiger partial charge in [-0.25, -0.2) is 0 Å². The minimum Gasteiger partial charge on any atom is -0.391 e. The first kappa shape index (κ1) is 15.0. The van der Waals surface area contributed by atoms with Gasteiger partial charge < -0.3 is 5.11 Å². The van der Waals surface area contributed by atoms with Crippen molar-refractivity contribution in [2.24, 2.45) is 5.41 Å². The summed E-state index contributed by atoms with van der Waals surface area (Å²) >= 11 is 0. The Bertz CT molecular complexity index is 224. The highest BCUT2D eigenvalue weighted by molar-refractivity contribution is 4.90. The molecule has 0 aliphatic carbocycles. The predicted octanol–water partition coefficient (Wildman–Crippen LogP) is 3.44. The van der Waals surface area contributed by atoms with Gasteiger partial charge in [0, 0.05) is 5.54 Å². The van der Waals surface area contributed by atoms with Crippen LogP contribution in [0.5, 0.6) is 0 Å². The van der Waals surface area contributed by atoms with Gasteiger partial charge in [0.15, 0.2) is 0 Å². The van der Waals surface area contributed by atoms with Gasteiger partial charge in [0.2, 0.25) is 0 Å². The van der Waals surface area contributed by atoms with E-state index in [1.807, 2.05) is 0 Å². The van der Waals surface area contributed by atoms with Crippen LogP contribution in [0.1, 0.15) is 66.7 Å². The van der Waals surface area contributed by atoms with Gasteiger partial charge in [0.25, 0.3) is 0 Å². The van der Waals surface area contributed by atoms with Gasteiger partial charge in [-0.05, 0) is 58.0 Å². The fourth-order valence-electron chi connectivity index (χ4n) is 2.60. The lowest BCUT2D eigenvalue weighted by Crippen LogP contribution is -2.54. The van der Waals surface area contributed by atoms with Crippen molar-refractivity contribution in [1.82, 2.24) is 4.90 Å². The predicted molar refractivity (Wildman–Crippen MR) is 74.2 cm³/mol. The van der Waals surface area contributed by atoms with Crippen LogP contribution in [0.2, 0.25) is 0 Å². The fourth-order valence-corrected chi connectivity index (χ4v) is 2.60. The summed E-state index contributed by atoms with van der Waals surface area (Å²) in [6, 6.07) is 0. The maximum Gasteiger partial charge on any atom is 0.0718 e. The average Bonchev–Trinajstić information content (AvgIpc) is 2.26. The minimum atomic E-state index is -0.208. The van der Waals surface area contributed by atoms with Crippen LogP contribution in [0, 0.1) is 5.41 Å². The van der Waals surface area contributed by atoms with Gasteiger partial charge in [-0.3, -0.25) is 4.90 Å². The summed E-state index contributed by atoms with van der Waals surface area (Å²) in [5, 5.41) is 10.5. The molecule has 2 nitrogen and oxygen atoms in total. The van der Waals surface area contributed by atoms with E-state index in [4.69, 9.17) is 0 Å². The maximum atomic E-state index is 10.5. The molecule has 0 aromatic carbocycles. The first-order valence-electron chi connectivity index (χ1n) is 7.16. The van der Waals surface area contributed by atoms with Gasteiger partial charge in [-0.15, -0.1) is 0 Å². The third-order valence-corrected chi connectivity index (χ3v) is 4.15. The summed E-state index contributed by atoms with van der Waals surface area (Å²) in [7, 11) is 0. The number of hydrogen-bond acceptors (Lipinski definition) is 2. The molecule has 1 aliphatic heterocycles. The summed E-state index contributed by atoms with van der Waals surface area (Å²) < 4.78 is 0. The van der Waals surface area contributed by atoms with Gasteiger partial charge in [-0.1, -0.05) is 27.2 Å². The van der Waals surface area contributed by atoms with Crippen molar-refractivity contribution in [2.45, 2.75) is 78.4 Å². The van der Waals surface area contributed by atoms with Crippen molar-refractivity contribution < 1.29 is 5.11 Å². The van der Waals surface area contributed by atoms with E-state index in [1.165, 1.54) is 19.3 Å². The summed E-state index contributed by atoms with van der Waals surface area (Å²) in [4.78, 5) is 2.48. The van der Waals surface area contributed by atoms with Gasteiger partial charge in [0.1, 0.15) is 0 Å². The number of piperidine rings is 1. The Hall–Kier alpha value is -0.0800. The number of aliphatic hydroxyl groups is 1. The Morgan fingerprint density at radius 1 is 1.00 bits per heavy atom. The van der Waals surface area contributed by atoms with Crippen LogP contribution < -0.4 is 0 Å². The van der Waals surface area contributed by atoms with E-state index in [2.05, 4.69) is 39.5 Å². The number of likely N-dealkylation sites (tertiary alicyclic amines) is 1. The minimum absolute atomic E-state index is 0.0638. The van der Waals surface area contributed by atoms with E-state index in [1.54, 1.807) is 0 Å². The summed E-state index contributed by atoms with van der Waals surface area (Å²) in [5.74, 6) is 0. The van der Waals surface area contributed by atoms with Crippen molar-refractivity contribution >= 4 is 0 Å². The summed E-state index contributed by atoms with van der Waals surface area (Å²) in [6.45, 7) is 13.4. The molecule has 0 spiro atoms. The van der Waals surface area contributed by atoms with E-state index in [0.717, 1.165) is 25.9 Å². The van der Waals surface area contributed by atoms with E-state index in [0.29, 0.717) is 5.41 Å². The van der Waals surface area contributed by atoms with Crippen LogP contribution in [0.3, 0.4) is 0 Å². The molecule has 17 heavy (non-hydrogen) atoms. The zero-order valence-electron chi connectivity index (χ0n) is 12.4. The maximum absolute atomic E-state index is 10.5. The fraction of sp³-hybridized carbons (Fsp3) is 1.00. The Morgan fingerprint density at radius 3 is 2.00 bits per heavy atom. The molecular formula is C15H31NO. The number of hydrogen-bond donors (Lipinski definition) is 1. The SMILES string of the molecule is CC(C)(C)CCC(O)C(C)(C)N1CCCCC1. The van der Waals surface area contributed by atoms with Gasteiger partial charge >= 0.3 is 0 Å². The molecule has 0 radical (unpaired) electrons. The molecule has 1 rings (SSSR count). The van der Waals surface area contributed by atoms with Crippen LogP contribution in [0.25, 0.3) is 0 Å². The average molecular weight is 241 g/mol. The lowest BCUT2D eigenvalue weighted by molar-refractivity contribution is -0.0274. The van der Waals surface area contributed by atoms with Crippen LogP contribution in [-0.4, -0.2) is 34.7 Å². The van der Waals surface area contributed by atoms with Crippen LogP contribution in [0.15, 0.2) is 0 Å². The quantitative estimate of drug-likeness (QED) is 0.815. The molecule has 1 atom stereocenters. The van der Waals surface area contributed by atoms with Crippen molar-refractivity contribution in [3.05, 3.63) is 0 Å². The Balaban J connectivity index is 2.49. The van der Waals surface area contributed by atoms with Crippen molar-refractivity contribution in [3.63, 3.8) is 0 Å². The lowest BCUT2D eigenvalue weighted by atomic mass is 9.83. The monoisotopic (exact) mass is 241 g/mol. The molecule has 1 aliphatic rings. The first-order chi connectivity index (χ1) is 7.73. The van der Waals surface area contributed by atoms with Crippen LogP contribution >= 0.6 is 0 Å². The zero-order valence-corrected chi connectivity index (χ0v) is 12.4. The van der Waals surface area contributed by atoms with E-state index >= 15 is 0 Å². The molecule has 1 fully saturated rings. The second kappa shape index (κ2) is 5.71. The molecule has 102 valence electrons. The number of aliphatic hydroxyl groups excluding tert-OH is 1. The second-order valence-corrected chi connectivity index (χ2v) is 7.32. The summed E-state index contributed by atoms with van der Waals surface area (Å²) in [6.07, 6.45) is 5.72. The van der Waals surface area contributed by atoms with E-state index in [9.17, 15) is 5.11 Å². The number of nitrogens with zero attached hydrogens (tertiary/aromatic N) is 1. The Kier molecular flexibility index (Phi) is 5.03. The van der Waals surface area contributed by atoms with Crippen molar-refractivity contribution in [1.29, 1.82) is 0 Å². The van der Waals surface area contributed by atoms with E-state index in [-0.39, 0.29) is 11.6 Å². The van der Waals surface area contributed by atoms with Gasteiger partial charge in [-0.2, -0.15) is 0 Å². The highest BCUT2D eigenvalue weighted by Gasteiger charge is 2.35. The lowest BCUT2D eigenvalue weighted by Gasteiger charge is -2.44. The third kappa shape index (κ3) is 4.59. The van der Waals surface area contributed by atoms with Crippen LogP contribution in [0.4, 0.5) is 0 Å². The normalized spacial score (nSPS) is 21.5. The van der Waals surface area contributed by atoms with Crippen molar-refractivity contribution in [2.75, 3.05) is 13.1 Å². The smallest absolute Gasteiger partial charge is 0.0718 e. The largest absolute Gasteiger partial charge is 0.391 e. The molecule has 1 unspecified atom stereocenters. The van der Waals surface area contributed by atoms with E-state index < -0.39 is 0 Å².